The van der Waals surface area contributed by atoms with E-state index < -0.39 is 10.0 Å². The second kappa shape index (κ2) is 8.28. The molecule has 1 heterocycles. The molecule has 0 fully saturated rings. The van der Waals surface area contributed by atoms with Gasteiger partial charge in [-0.05, 0) is 48.5 Å². The fourth-order valence-corrected chi connectivity index (χ4v) is 3.71. The summed E-state index contributed by atoms with van der Waals surface area (Å²) < 4.78 is 36.9. The van der Waals surface area contributed by atoms with E-state index in [1.807, 2.05) is 0 Å². The summed E-state index contributed by atoms with van der Waals surface area (Å²) in [5.41, 5.74) is 0.926. The topological polar surface area (TPSA) is 88.8 Å². The molecule has 1 N–H and O–H groups in total. The molecule has 28 heavy (non-hydrogen) atoms. The SMILES string of the molecule is COc1cccc(NC(=O)c2ccc(S(=O)(=O)N(C)Cc3ccco3)cc2)c1. The van der Waals surface area contributed by atoms with Crippen molar-refractivity contribution >= 4 is 21.6 Å². The molecule has 7 nitrogen and oxygen atoms in total. The lowest BCUT2D eigenvalue weighted by molar-refractivity contribution is 0.102. The van der Waals surface area contributed by atoms with Crippen LogP contribution < -0.4 is 10.1 Å². The molecule has 2 aromatic carbocycles. The summed E-state index contributed by atoms with van der Waals surface area (Å²) in [4.78, 5) is 12.5. The Balaban J connectivity index is 1.72. The second-order valence-corrected chi connectivity index (χ2v) is 8.10. The molecule has 0 bridgehead atoms. The lowest BCUT2D eigenvalue weighted by Crippen LogP contribution is -2.26. The minimum Gasteiger partial charge on any atom is -0.497 e. The molecule has 3 rings (SSSR count). The number of hydrogen-bond donors (Lipinski definition) is 1. The molecule has 0 atom stereocenters. The van der Waals surface area contributed by atoms with Crippen LogP contribution in [-0.2, 0) is 16.6 Å². The summed E-state index contributed by atoms with van der Waals surface area (Å²) in [6.07, 6.45) is 1.49. The van der Waals surface area contributed by atoms with Crippen LogP contribution >= 0.6 is 0 Å². The Morgan fingerprint density at radius 1 is 1.11 bits per heavy atom. The molecule has 3 aromatic rings. The predicted molar refractivity (Wildman–Crippen MR) is 105 cm³/mol. The van der Waals surface area contributed by atoms with Gasteiger partial charge in [0.1, 0.15) is 11.5 Å². The van der Waals surface area contributed by atoms with E-state index in [1.165, 1.54) is 41.9 Å². The fourth-order valence-electron chi connectivity index (χ4n) is 2.57. The van der Waals surface area contributed by atoms with Crippen LogP contribution in [0.15, 0.2) is 76.2 Å². The number of furan rings is 1. The van der Waals surface area contributed by atoms with Gasteiger partial charge in [0, 0.05) is 24.4 Å². The van der Waals surface area contributed by atoms with Crippen LogP contribution in [0, 0.1) is 0 Å². The first-order valence-corrected chi connectivity index (χ1v) is 9.88. The van der Waals surface area contributed by atoms with Crippen LogP contribution in [0.4, 0.5) is 5.69 Å². The van der Waals surface area contributed by atoms with E-state index in [4.69, 9.17) is 9.15 Å². The summed E-state index contributed by atoms with van der Waals surface area (Å²) in [6, 6.07) is 16.1. The van der Waals surface area contributed by atoms with Gasteiger partial charge in [0.2, 0.25) is 10.0 Å². The molecule has 0 aliphatic carbocycles. The minimum absolute atomic E-state index is 0.0967. The molecule has 0 aliphatic rings. The van der Waals surface area contributed by atoms with Crippen LogP contribution in [-0.4, -0.2) is 32.8 Å². The molecular formula is C20H20N2O5S. The van der Waals surface area contributed by atoms with Gasteiger partial charge in [0.25, 0.3) is 5.91 Å². The molecule has 1 amide bonds. The van der Waals surface area contributed by atoms with Crippen molar-refractivity contribution in [3.63, 3.8) is 0 Å². The smallest absolute Gasteiger partial charge is 0.255 e. The first kappa shape index (κ1) is 19.7. The van der Waals surface area contributed by atoms with E-state index >= 15 is 0 Å². The summed E-state index contributed by atoms with van der Waals surface area (Å²) >= 11 is 0. The zero-order chi connectivity index (χ0) is 20.1. The van der Waals surface area contributed by atoms with Crippen LogP contribution in [0.3, 0.4) is 0 Å². The van der Waals surface area contributed by atoms with Crippen molar-refractivity contribution in [1.29, 1.82) is 0 Å². The highest BCUT2D eigenvalue weighted by molar-refractivity contribution is 7.89. The quantitative estimate of drug-likeness (QED) is 0.657. The third-order valence-corrected chi connectivity index (χ3v) is 5.93. The maximum Gasteiger partial charge on any atom is 0.255 e. The number of nitrogens with zero attached hydrogens (tertiary/aromatic N) is 1. The molecule has 0 saturated carbocycles. The molecule has 146 valence electrons. The van der Waals surface area contributed by atoms with E-state index in [0.717, 1.165) is 0 Å². The number of rotatable bonds is 7. The van der Waals surface area contributed by atoms with E-state index in [9.17, 15) is 13.2 Å². The Bertz CT molecular complexity index is 1040. The standard InChI is InChI=1S/C20H20N2O5S/c1-22(14-18-7-4-12-27-18)28(24,25)19-10-8-15(9-11-19)20(23)21-16-5-3-6-17(13-16)26-2/h3-13H,14H2,1-2H3,(H,21,23). The maximum absolute atomic E-state index is 12.7. The number of anilines is 1. The average Bonchev–Trinajstić information content (AvgIpc) is 3.21. The number of carbonyl (C=O) groups is 1. The highest BCUT2D eigenvalue weighted by Gasteiger charge is 2.22. The summed E-state index contributed by atoms with van der Waals surface area (Å²) in [7, 11) is -0.682. The van der Waals surface area contributed by atoms with Gasteiger partial charge in [-0.15, -0.1) is 0 Å². The van der Waals surface area contributed by atoms with E-state index in [0.29, 0.717) is 22.8 Å². The Hall–Kier alpha value is -3.10. The largest absolute Gasteiger partial charge is 0.497 e. The van der Waals surface area contributed by atoms with Crippen LogP contribution in [0.5, 0.6) is 5.75 Å². The third kappa shape index (κ3) is 4.41. The van der Waals surface area contributed by atoms with Crippen LogP contribution in [0.2, 0.25) is 0 Å². The van der Waals surface area contributed by atoms with Gasteiger partial charge in [0.15, 0.2) is 0 Å². The first-order valence-electron chi connectivity index (χ1n) is 8.44. The van der Waals surface area contributed by atoms with Crippen molar-refractivity contribution < 1.29 is 22.4 Å². The van der Waals surface area contributed by atoms with Crippen molar-refractivity contribution in [2.75, 3.05) is 19.5 Å². The Morgan fingerprint density at radius 2 is 1.86 bits per heavy atom. The molecule has 0 unspecified atom stereocenters. The minimum atomic E-state index is -3.70. The molecule has 0 aliphatic heterocycles. The zero-order valence-electron chi connectivity index (χ0n) is 15.5. The van der Waals surface area contributed by atoms with Crippen molar-refractivity contribution in [1.82, 2.24) is 4.31 Å². The number of benzene rings is 2. The van der Waals surface area contributed by atoms with Gasteiger partial charge in [-0.1, -0.05) is 6.07 Å². The monoisotopic (exact) mass is 400 g/mol. The highest BCUT2D eigenvalue weighted by Crippen LogP contribution is 2.20. The second-order valence-electron chi connectivity index (χ2n) is 6.05. The molecule has 1 aromatic heterocycles. The fraction of sp³-hybridized carbons (Fsp3) is 0.150. The number of carbonyl (C=O) groups excluding carboxylic acids is 1. The number of amides is 1. The van der Waals surface area contributed by atoms with E-state index in [-0.39, 0.29) is 17.3 Å². The summed E-state index contributed by atoms with van der Waals surface area (Å²) in [5.74, 6) is 0.820. The van der Waals surface area contributed by atoms with Crippen molar-refractivity contribution in [2.45, 2.75) is 11.4 Å². The van der Waals surface area contributed by atoms with Crippen LogP contribution in [0.1, 0.15) is 16.1 Å². The molecule has 0 spiro atoms. The van der Waals surface area contributed by atoms with Gasteiger partial charge in [-0.2, -0.15) is 4.31 Å². The van der Waals surface area contributed by atoms with Crippen LogP contribution in [0.25, 0.3) is 0 Å². The lowest BCUT2D eigenvalue weighted by atomic mass is 10.2. The lowest BCUT2D eigenvalue weighted by Gasteiger charge is -2.16. The van der Waals surface area contributed by atoms with Crippen molar-refractivity contribution in [3.8, 4) is 5.75 Å². The van der Waals surface area contributed by atoms with Crippen molar-refractivity contribution in [2.24, 2.45) is 0 Å². The molecule has 0 saturated heterocycles. The Kier molecular flexibility index (Phi) is 5.81. The summed E-state index contributed by atoms with van der Waals surface area (Å²) in [5, 5.41) is 2.75. The van der Waals surface area contributed by atoms with Gasteiger partial charge >= 0.3 is 0 Å². The average molecular weight is 400 g/mol. The van der Waals surface area contributed by atoms with Gasteiger partial charge in [-0.25, -0.2) is 8.42 Å². The number of ether oxygens (including phenoxy) is 1. The van der Waals surface area contributed by atoms with Crippen molar-refractivity contribution in [3.05, 3.63) is 78.3 Å². The molecule has 8 heteroatoms. The number of sulfonamides is 1. The summed E-state index contributed by atoms with van der Waals surface area (Å²) in [6.45, 7) is 0.118. The maximum atomic E-state index is 12.7. The Labute approximate surface area is 163 Å². The Morgan fingerprint density at radius 3 is 2.50 bits per heavy atom. The normalized spacial score (nSPS) is 11.4. The van der Waals surface area contributed by atoms with E-state index in [2.05, 4.69) is 5.32 Å². The van der Waals surface area contributed by atoms with Gasteiger partial charge in [-0.3, -0.25) is 4.79 Å². The van der Waals surface area contributed by atoms with Gasteiger partial charge < -0.3 is 14.5 Å². The van der Waals surface area contributed by atoms with E-state index in [1.54, 1.807) is 43.5 Å². The third-order valence-electron chi connectivity index (χ3n) is 4.11. The first-order chi connectivity index (χ1) is 13.4. The number of methoxy groups -OCH3 is 1. The predicted octanol–water partition coefficient (Wildman–Crippen LogP) is 3.36. The molecular weight excluding hydrogens is 380 g/mol. The van der Waals surface area contributed by atoms with Gasteiger partial charge in [0.05, 0.1) is 24.8 Å². The number of hydrogen-bond acceptors (Lipinski definition) is 5. The number of nitrogens with one attached hydrogen (secondary N) is 1. The molecule has 0 radical (unpaired) electrons. The highest BCUT2D eigenvalue weighted by atomic mass is 32.2. The zero-order valence-corrected chi connectivity index (χ0v) is 16.3.